The highest BCUT2D eigenvalue weighted by molar-refractivity contribution is 7.93. The van der Waals surface area contributed by atoms with Gasteiger partial charge in [0.1, 0.15) is 0 Å². The fourth-order valence-corrected chi connectivity index (χ4v) is 2.95. The molecule has 0 radical (unpaired) electrons. The van der Waals surface area contributed by atoms with Crippen LogP contribution in [0.3, 0.4) is 0 Å². The number of anilines is 1. The molecule has 0 fully saturated rings. The lowest BCUT2D eigenvalue weighted by molar-refractivity contribution is -0.137. The number of hydrogen-bond donors (Lipinski definition) is 2. The van der Waals surface area contributed by atoms with E-state index < -0.39 is 34.3 Å². The Labute approximate surface area is 121 Å². The van der Waals surface area contributed by atoms with E-state index in [1.807, 2.05) is 0 Å². The van der Waals surface area contributed by atoms with Crippen LogP contribution in [0.1, 0.15) is 10.4 Å². The molecule has 0 saturated carbocycles. The van der Waals surface area contributed by atoms with Crippen molar-refractivity contribution < 1.29 is 33.0 Å². The minimum Gasteiger partial charge on any atom is -0.478 e. The summed E-state index contributed by atoms with van der Waals surface area (Å²) in [7, 11) is -2.97. The Hall–Kier alpha value is -2.13. The average Bonchev–Trinajstić information content (AvgIpc) is 2.44. The van der Waals surface area contributed by atoms with Gasteiger partial charge >= 0.3 is 11.9 Å². The molecule has 8 nitrogen and oxygen atoms in total. The summed E-state index contributed by atoms with van der Waals surface area (Å²) < 4.78 is 29.4. The number of carboxylic acid groups (broad SMARTS) is 1. The Balaban J connectivity index is 3.11. The van der Waals surface area contributed by atoms with Crippen molar-refractivity contribution in [1.82, 2.24) is 0 Å². The Morgan fingerprint density at radius 1 is 1.24 bits per heavy atom. The van der Waals surface area contributed by atoms with Gasteiger partial charge < -0.3 is 14.9 Å². The third kappa shape index (κ3) is 4.43. The summed E-state index contributed by atoms with van der Waals surface area (Å²) >= 11 is 0. The van der Waals surface area contributed by atoms with Gasteiger partial charge in [0.2, 0.25) is 10.0 Å². The molecule has 0 unspecified atom stereocenters. The maximum absolute atomic E-state index is 12.1. The fraction of sp³-hybridized carbons (Fsp3) is 0.333. The molecule has 0 bridgehead atoms. The number of carbonyl (C=O) groups excluding carboxylic acids is 1. The molecular formula is C12H15NO7S. The molecule has 0 amide bonds. The number of aliphatic hydroxyl groups excluding tert-OH is 1. The van der Waals surface area contributed by atoms with Gasteiger partial charge in [-0.1, -0.05) is 0 Å². The molecule has 1 aromatic rings. The molecule has 1 aromatic carbocycles. The van der Waals surface area contributed by atoms with Crippen molar-refractivity contribution >= 4 is 27.6 Å². The Morgan fingerprint density at radius 3 is 2.24 bits per heavy atom. The number of aromatic carboxylic acids is 1. The topological polar surface area (TPSA) is 121 Å². The number of carboxylic acids is 1. The molecule has 0 aliphatic rings. The summed E-state index contributed by atoms with van der Waals surface area (Å²) in [6.07, 6.45) is 0. The smallest absolute Gasteiger partial charge is 0.335 e. The molecule has 0 spiro atoms. The summed E-state index contributed by atoms with van der Waals surface area (Å²) in [5.41, 5.74) is 0.144. The SMILES string of the molecule is COC(=O)CS(=O)(=O)N(CCO)c1ccc(C(=O)O)cc1. The quantitative estimate of drug-likeness (QED) is 0.661. The zero-order chi connectivity index (χ0) is 16.0. The third-order valence-electron chi connectivity index (χ3n) is 2.57. The van der Waals surface area contributed by atoms with E-state index in [1.54, 1.807) is 0 Å². The van der Waals surface area contributed by atoms with Crippen molar-refractivity contribution in [2.24, 2.45) is 0 Å². The molecule has 0 aromatic heterocycles. The van der Waals surface area contributed by atoms with Crippen LogP contribution >= 0.6 is 0 Å². The summed E-state index contributed by atoms with van der Waals surface area (Å²) in [6.45, 7) is -0.715. The molecule has 21 heavy (non-hydrogen) atoms. The summed E-state index contributed by atoms with van der Waals surface area (Å²) in [6, 6.07) is 5.04. The molecule has 116 valence electrons. The van der Waals surface area contributed by atoms with Gasteiger partial charge in [-0.3, -0.25) is 9.10 Å². The summed E-state index contributed by atoms with van der Waals surface area (Å²) in [5.74, 6) is -2.95. The van der Waals surface area contributed by atoms with Crippen LogP contribution < -0.4 is 4.31 Å². The van der Waals surface area contributed by atoms with Crippen molar-refractivity contribution in [2.75, 3.05) is 30.3 Å². The second-order valence-electron chi connectivity index (χ2n) is 3.98. The van der Waals surface area contributed by atoms with E-state index in [1.165, 1.54) is 24.3 Å². The monoisotopic (exact) mass is 317 g/mol. The average molecular weight is 317 g/mol. The predicted octanol–water partition coefficient (Wildman–Crippen LogP) is -0.314. The van der Waals surface area contributed by atoms with Crippen molar-refractivity contribution in [2.45, 2.75) is 0 Å². The third-order valence-corrected chi connectivity index (χ3v) is 4.23. The van der Waals surface area contributed by atoms with Gasteiger partial charge in [-0.05, 0) is 24.3 Å². The van der Waals surface area contributed by atoms with E-state index in [0.717, 1.165) is 11.4 Å². The van der Waals surface area contributed by atoms with E-state index in [4.69, 9.17) is 10.2 Å². The minimum atomic E-state index is -4.03. The van der Waals surface area contributed by atoms with Gasteiger partial charge in [0, 0.05) is 0 Å². The number of ether oxygens (including phenoxy) is 1. The second-order valence-corrected chi connectivity index (χ2v) is 5.87. The molecule has 0 atom stereocenters. The number of esters is 1. The minimum absolute atomic E-state index is 0.00642. The molecular weight excluding hydrogens is 302 g/mol. The lowest BCUT2D eigenvalue weighted by Crippen LogP contribution is -2.37. The van der Waals surface area contributed by atoms with Gasteiger partial charge in [0.15, 0.2) is 5.75 Å². The Morgan fingerprint density at radius 2 is 1.81 bits per heavy atom. The number of benzene rings is 1. The first-order valence-electron chi connectivity index (χ1n) is 5.83. The predicted molar refractivity (Wildman–Crippen MR) is 73.6 cm³/mol. The van der Waals surface area contributed by atoms with Crippen LogP contribution in [0.5, 0.6) is 0 Å². The number of carbonyl (C=O) groups is 2. The lowest BCUT2D eigenvalue weighted by atomic mass is 10.2. The van der Waals surface area contributed by atoms with Crippen LogP contribution in [0, 0.1) is 0 Å². The molecule has 2 N–H and O–H groups in total. The van der Waals surface area contributed by atoms with Crippen LogP contribution in [0.4, 0.5) is 5.69 Å². The first-order valence-corrected chi connectivity index (χ1v) is 7.44. The lowest BCUT2D eigenvalue weighted by Gasteiger charge is -2.23. The van der Waals surface area contributed by atoms with Crippen LogP contribution in [0.2, 0.25) is 0 Å². The number of methoxy groups -OCH3 is 1. The first kappa shape index (κ1) is 16.9. The molecule has 0 saturated heterocycles. The Bertz CT molecular complexity index is 609. The molecule has 0 aliphatic carbocycles. The first-order chi connectivity index (χ1) is 9.81. The highest BCUT2D eigenvalue weighted by atomic mass is 32.2. The highest BCUT2D eigenvalue weighted by Gasteiger charge is 2.26. The van der Waals surface area contributed by atoms with Crippen molar-refractivity contribution in [1.29, 1.82) is 0 Å². The number of hydrogen-bond acceptors (Lipinski definition) is 6. The molecule has 1 rings (SSSR count). The summed E-state index contributed by atoms with van der Waals surface area (Å²) in [4.78, 5) is 21.9. The van der Waals surface area contributed by atoms with Crippen LogP contribution in [0.15, 0.2) is 24.3 Å². The maximum Gasteiger partial charge on any atom is 0.335 e. The van der Waals surface area contributed by atoms with Gasteiger partial charge in [-0.25, -0.2) is 13.2 Å². The number of aliphatic hydroxyl groups is 1. The standard InChI is InChI=1S/C12H15NO7S/c1-20-11(15)8-21(18,19)13(6-7-14)10-4-2-9(3-5-10)12(16)17/h2-5,14H,6-8H2,1H3,(H,16,17). The molecule has 0 aliphatic heterocycles. The van der Waals surface area contributed by atoms with E-state index in [2.05, 4.69) is 4.74 Å². The molecule has 9 heteroatoms. The van der Waals surface area contributed by atoms with E-state index >= 15 is 0 Å². The normalized spacial score (nSPS) is 11.0. The van der Waals surface area contributed by atoms with Crippen LogP contribution in [0.25, 0.3) is 0 Å². The highest BCUT2D eigenvalue weighted by Crippen LogP contribution is 2.19. The van der Waals surface area contributed by atoms with E-state index in [9.17, 15) is 18.0 Å². The van der Waals surface area contributed by atoms with Crippen LogP contribution in [-0.4, -0.2) is 56.6 Å². The fourth-order valence-electron chi connectivity index (χ4n) is 1.58. The number of sulfonamides is 1. The number of nitrogens with zero attached hydrogens (tertiary/aromatic N) is 1. The zero-order valence-electron chi connectivity index (χ0n) is 11.2. The maximum atomic E-state index is 12.1. The van der Waals surface area contributed by atoms with Gasteiger partial charge in [0.25, 0.3) is 0 Å². The van der Waals surface area contributed by atoms with Crippen molar-refractivity contribution in [3.05, 3.63) is 29.8 Å². The number of rotatable bonds is 7. The van der Waals surface area contributed by atoms with Crippen molar-refractivity contribution in [3.63, 3.8) is 0 Å². The largest absolute Gasteiger partial charge is 0.478 e. The van der Waals surface area contributed by atoms with Gasteiger partial charge in [-0.15, -0.1) is 0 Å². The zero-order valence-corrected chi connectivity index (χ0v) is 12.0. The van der Waals surface area contributed by atoms with Gasteiger partial charge in [-0.2, -0.15) is 0 Å². The van der Waals surface area contributed by atoms with E-state index in [-0.39, 0.29) is 17.8 Å². The van der Waals surface area contributed by atoms with Crippen LogP contribution in [-0.2, 0) is 19.6 Å². The van der Waals surface area contributed by atoms with E-state index in [0.29, 0.717) is 0 Å². The summed E-state index contributed by atoms with van der Waals surface area (Å²) in [5, 5.41) is 17.8. The van der Waals surface area contributed by atoms with Crippen molar-refractivity contribution in [3.8, 4) is 0 Å². The molecule has 0 heterocycles. The van der Waals surface area contributed by atoms with Gasteiger partial charge in [0.05, 0.1) is 31.5 Å². The second kappa shape index (κ2) is 7.04. The Kier molecular flexibility index (Phi) is 5.68.